The Morgan fingerprint density at radius 1 is 1.23 bits per heavy atom. The lowest BCUT2D eigenvalue weighted by atomic mass is 10.2. The zero-order valence-electron chi connectivity index (χ0n) is 14.1. The molecule has 2 rings (SSSR count). The second kappa shape index (κ2) is 9.59. The predicted octanol–water partition coefficient (Wildman–Crippen LogP) is 3.75. The number of amides is 1. The van der Waals surface area contributed by atoms with Crippen molar-refractivity contribution in [2.75, 3.05) is 11.1 Å². The molecule has 0 radical (unpaired) electrons. The molecule has 0 saturated carbocycles. The van der Waals surface area contributed by atoms with Gasteiger partial charge in [-0.1, -0.05) is 12.1 Å². The Morgan fingerprint density at radius 3 is 2.62 bits per heavy atom. The number of benzene rings is 2. The molecule has 1 amide bonds. The van der Waals surface area contributed by atoms with E-state index in [-0.39, 0.29) is 12.2 Å². The van der Waals surface area contributed by atoms with Crippen LogP contribution in [-0.4, -0.2) is 23.7 Å². The number of hydrogen-bond donors (Lipinski definition) is 1. The van der Waals surface area contributed by atoms with Crippen molar-refractivity contribution in [2.24, 2.45) is 0 Å². The van der Waals surface area contributed by atoms with Gasteiger partial charge in [0.15, 0.2) is 6.10 Å². The van der Waals surface area contributed by atoms with E-state index < -0.39 is 18.0 Å². The fraction of sp³-hybridized carbons (Fsp3) is 0.211. The Morgan fingerprint density at radius 2 is 1.92 bits per heavy atom. The molecule has 0 bridgehead atoms. The van der Waals surface area contributed by atoms with Gasteiger partial charge in [0.05, 0.1) is 17.7 Å². The summed E-state index contributed by atoms with van der Waals surface area (Å²) >= 11 is 1.40. The zero-order valence-corrected chi connectivity index (χ0v) is 14.9. The summed E-state index contributed by atoms with van der Waals surface area (Å²) in [5.41, 5.74) is 0.699. The first-order chi connectivity index (χ1) is 12.5. The molecule has 0 fully saturated rings. The largest absolute Gasteiger partial charge is 0.453 e. The third-order valence-corrected chi connectivity index (χ3v) is 4.39. The summed E-state index contributed by atoms with van der Waals surface area (Å²) in [5, 5.41) is 11.6. The fourth-order valence-electron chi connectivity index (χ4n) is 2.02. The average Bonchev–Trinajstić information content (AvgIpc) is 2.63. The number of esters is 1. The molecule has 5 nitrogen and oxygen atoms in total. The minimum atomic E-state index is -0.981. The van der Waals surface area contributed by atoms with E-state index in [0.29, 0.717) is 17.0 Å². The minimum Gasteiger partial charge on any atom is -0.453 e. The summed E-state index contributed by atoms with van der Waals surface area (Å²) in [6.07, 6.45) is -0.862. The van der Waals surface area contributed by atoms with Crippen LogP contribution in [0.15, 0.2) is 53.4 Å². The molecule has 1 atom stereocenters. The maximum Gasteiger partial charge on any atom is 0.307 e. The lowest BCUT2D eigenvalue weighted by Gasteiger charge is -2.14. The van der Waals surface area contributed by atoms with Crippen LogP contribution in [0.2, 0.25) is 0 Å². The molecule has 134 valence electrons. The van der Waals surface area contributed by atoms with Crippen molar-refractivity contribution in [2.45, 2.75) is 24.3 Å². The molecular formula is C19H17FN2O3S. The quantitative estimate of drug-likeness (QED) is 0.591. The third-order valence-electron chi connectivity index (χ3n) is 3.37. The van der Waals surface area contributed by atoms with Crippen molar-refractivity contribution in [1.82, 2.24) is 0 Å². The van der Waals surface area contributed by atoms with Crippen LogP contribution in [-0.2, 0) is 14.3 Å². The molecule has 2 aromatic rings. The van der Waals surface area contributed by atoms with Crippen LogP contribution in [0.1, 0.15) is 18.9 Å². The highest BCUT2D eigenvalue weighted by Crippen LogP contribution is 2.19. The molecule has 7 heteroatoms. The standard InChI is InChI=1S/C19H17FN2O3S/c1-13(19(24)22-17-5-3-2-4-14(17)12-21)25-18(23)10-11-26-16-8-6-15(20)7-9-16/h2-9,13H,10-11H2,1H3,(H,22,24). The lowest BCUT2D eigenvalue weighted by molar-refractivity contribution is -0.152. The zero-order chi connectivity index (χ0) is 18.9. The number of ether oxygens (including phenoxy) is 1. The van der Waals surface area contributed by atoms with Gasteiger partial charge in [-0.2, -0.15) is 5.26 Å². The van der Waals surface area contributed by atoms with Crippen LogP contribution in [0, 0.1) is 17.1 Å². The number of halogens is 1. The van der Waals surface area contributed by atoms with Gasteiger partial charge in [0, 0.05) is 10.6 Å². The highest BCUT2D eigenvalue weighted by Gasteiger charge is 2.18. The average molecular weight is 372 g/mol. The van der Waals surface area contributed by atoms with Crippen molar-refractivity contribution in [3.63, 3.8) is 0 Å². The smallest absolute Gasteiger partial charge is 0.307 e. The van der Waals surface area contributed by atoms with Crippen LogP contribution in [0.5, 0.6) is 0 Å². The number of carbonyl (C=O) groups is 2. The van der Waals surface area contributed by atoms with Crippen molar-refractivity contribution < 1.29 is 18.7 Å². The van der Waals surface area contributed by atoms with Crippen LogP contribution >= 0.6 is 11.8 Å². The van der Waals surface area contributed by atoms with Gasteiger partial charge in [-0.3, -0.25) is 9.59 Å². The van der Waals surface area contributed by atoms with E-state index >= 15 is 0 Å². The minimum absolute atomic E-state index is 0.119. The van der Waals surface area contributed by atoms with Gasteiger partial charge in [-0.25, -0.2) is 4.39 Å². The number of nitrogens with one attached hydrogen (secondary N) is 1. The van der Waals surface area contributed by atoms with Gasteiger partial charge in [0.1, 0.15) is 11.9 Å². The topological polar surface area (TPSA) is 79.2 Å². The first kappa shape index (κ1) is 19.5. The summed E-state index contributed by atoms with van der Waals surface area (Å²) in [7, 11) is 0. The molecule has 26 heavy (non-hydrogen) atoms. The number of carbonyl (C=O) groups excluding carboxylic acids is 2. The van der Waals surface area contributed by atoms with E-state index in [1.54, 1.807) is 36.4 Å². The second-order valence-corrected chi connectivity index (χ2v) is 6.50. The van der Waals surface area contributed by atoms with Crippen LogP contribution < -0.4 is 5.32 Å². The molecule has 1 unspecified atom stereocenters. The number of rotatable bonds is 7. The lowest BCUT2D eigenvalue weighted by Crippen LogP contribution is -2.30. The van der Waals surface area contributed by atoms with E-state index in [2.05, 4.69) is 5.32 Å². The molecule has 0 saturated heterocycles. The molecule has 0 aliphatic carbocycles. The molecule has 1 N–H and O–H groups in total. The van der Waals surface area contributed by atoms with E-state index in [9.17, 15) is 14.0 Å². The molecule has 2 aromatic carbocycles. The van der Waals surface area contributed by atoms with Gasteiger partial charge in [0.25, 0.3) is 5.91 Å². The summed E-state index contributed by atoms with van der Waals surface area (Å²) in [5.74, 6) is -0.870. The van der Waals surface area contributed by atoms with Crippen molar-refractivity contribution in [3.05, 3.63) is 59.9 Å². The number of thioether (sulfide) groups is 1. The maximum absolute atomic E-state index is 12.8. The molecule has 0 spiro atoms. The van der Waals surface area contributed by atoms with Crippen molar-refractivity contribution in [3.8, 4) is 6.07 Å². The van der Waals surface area contributed by atoms with Crippen LogP contribution in [0.3, 0.4) is 0 Å². The molecule has 0 aromatic heterocycles. The number of para-hydroxylation sites is 1. The Labute approximate surface area is 155 Å². The highest BCUT2D eigenvalue weighted by molar-refractivity contribution is 7.99. The monoisotopic (exact) mass is 372 g/mol. The van der Waals surface area contributed by atoms with Gasteiger partial charge in [-0.15, -0.1) is 11.8 Å². The fourth-order valence-corrected chi connectivity index (χ4v) is 2.85. The molecule has 0 heterocycles. The van der Waals surface area contributed by atoms with Crippen molar-refractivity contribution >= 4 is 29.3 Å². The molecule has 0 aliphatic heterocycles. The van der Waals surface area contributed by atoms with E-state index in [1.807, 2.05) is 6.07 Å². The highest BCUT2D eigenvalue weighted by atomic mass is 32.2. The number of anilines is 1. The van der Waals surface area contributed by atoms with Gasteiger partial charge in [-0.05, 0) is 43.3 Å². The summed E-state index contributed by atoms with van der Waals surface area (Å²) in [6, 6.07) is 14.5. The number of hydrogen-bond acceptors (Lipinski definition) is 5. The van der Waals surface area contributed by atoms with Gasteiger partial charge < -0.3 is 10.1 Å². The number of nitrogens with zero attached hydrogens (tertiary/aromatic N) is 1. The number of nitriles is 1. The maximum atomic E-state index is 12.8. The molecule has 0 aliphatic rings. The van der Waals surface area contributed by atoms with Gasteiger partial charge >= 0.3 is 5.97 Å². The van der Waals surface area contributed by atoms with Crippen LogP contribution in [0.4, 0.5) is 10.1 Å². The Bertz CT molecular complexity index is 818. The van der Waals surface area contributed by atoms with E-state index in [0.717, 1.165) is 4.90 Å². The van der Waals surface area contributed by atoms with Crippen LogP contribution in [0.25, 0.3) is 0 Å². The van der Waals surface area contributed by atoms with E-state index in [4.69, 9.17) is 10.00 Å². The SMILES string of the molecule is CC(OC(=O)CCSc1ccc(F)cc1)C(=O)Nc1ccccc1C#N. The molecular weight excluding hydrogens is 355 g/mol. The first-order valence-corrected chi connectivity index (χ1v) is 8.86. The predicted molar refractivity (Wildman–Crippen MR) is 97.1 cm³/mol. The second-order valence-electron chi connectivity index (χ2n) is 5.33. The Kier molecular flexibility index (Phi) is 7.18. The van der Waals surface area contributed by atoms with Crippen molar-refractivity contribution in [1.29, 1.82) is 5.26 Å². The van der Waals surface area contributed by atoms with Gasteiger partial charge in [0.2, 0.25) is 0 Å². The summed E-state index contributed by atoms with van der Waals surface area (Å²) in [4.78, 5) is 24.8. The third kappa shape index (κ3) is 5.90. The summed E-state index contributed by atoms with van der Waals surface area (Å²) < 4.78 is 17.9. The van der Waals surface area contributed by atoms with E-state index in [1.165, 1.54) is 30.8 Å². The Hall–Kier alpha value is -2.85. The normalized spacial score (nSPS) is 11.3. The first-order valence-electron chi connectivity index (χ1n) is 7.87. The summed E-state index contributed by atoms with van der Waals surface area (Å²) in [6.45, 7) is 1.47. The Balaban J connectivity index is 1.78.